The Balaban J connectivity index is 1.74. The van der Waals surface area contributed by atoms with Gasteiger partial charge in [0.05, 0.1) is 24.6 Å². The lowest BCUT2D eigenvalue weighted by Gasteiger charge is -2.20. The highest BCUT2D eigenvalue weighted by molar-refractivity contribution is 9.10. The van der Waals surface area contributed by atoms with Crippen molar-refractivity contribution in [3.63, 3.8) is 0 Å². The number of furan rings is 1. The van der Waals surface area contributed by atoms with Gasteiger partial charge in [-0.1, -0.05) is 40.2 Å². The first kappa shape index (κ1) is 17.5. The fourth-order valence-corrected chi connectivity index (χ4v) is 3.43. The van der Waals surface area contributed by atoms with Gasteiger partial charge in [-0.15, -0.1) is 0 Å². The van der Waals surface area contributed by atoms with E-state index in [0.29, 0.717) is 23.5 Å². The number of halogens is 1. The van der Waals surface area contributed by atoms with E-state index in [9.17, 15) is 4.79 Å². The van der Waals surface area contributed by atoms with Crippen LogP contribution in [0.25, 0.3) is 0 Å². The number of methoxy groups -OCH3 is 1. The van der Waals surface area contributed by atoms with Gasteiger partial charge in [-0.2, -0.15) is 5.10 Å². The molecule has 0 saturated carbocycles. The van der Waals surface area contributed by atoms with E-state index in [1.54, 1.807) is 25.5 Å². The van der Waals surface area contributed by atoms with Crippen molar-refractivity contribution in [3.8, 4) is 5.75 Å². The molecule has 6 heteroatoms. The first-order valence-electron chi connectivity index (χ1n) is 8.51. The van der Waals surface area contributed by atoms with Gasteiger partial charge in [-0.05, 0) is 42.0 Å². The van der Waals surface area contributed by atoms with Gasteiger partial charge in [0.1, 0.15) is 17.6 Å². The zero-order valence-corrected chi connectivity index (χ0v) is 16.2. The van der Waals surface area contributed by atoms with Crippen molar-refractivity contribution < 1.29 is 13.9 Å². The number of ether oxygens (including phenoxy) is 1. The first-order chi connectivity index (χ1) is 13.2. The summed E-state index contributed by atoms with van der Waals surface area (Å²) < 4.78 is 11.9. The number of amides is 1. The minimum atomic E-state index is -0.295. The van der Waals surface area contributed by atoms with Gasteiger partial charge in [-0.25, -0.2) is 5.01 Å². The van der Waals surface area contributed by atoms with E-state index >= 15 is 0 Å². The van der Waals surface area contributed by atoms with Crippen molar-refractivity contribution in [1.29, 1.82) is 0 Å². The molecule has 0 radical (unpaired) electrons. The van der Waals surface area contributed by atoms with Crippen LogP contribution in [0.2, 0.25) is 0 Å². The minimum absolute atomic E-state index is 0.221. The zero-order chi connectivity index (χ0) is 18.8. The van der Waals surface area contributed by atoms with Gasteiger partial charge in [-0.3, -0.25) is 4.79 Å². The molecule has 0 N–H and O–H groups in total. The maximum Gasteiger partial charge on any atom is 0.278 e. The Bertz CT molecular complexity index is 981. The van der Waals surface area contributed by atoms with Gasteiger partial charge >= 0.3 is 0 Å². The largest absolute Gasteiger partial charge is 0.496 e. The Labute approximate surface area is 165 Å². The molecule has 0 fully saturated rings. The van der Waals surface area contributed by atoms with E-state index < -0.39 is 0 Å². The minimum Gasteiger partial charge on any atom is -0.496 e. The van der Waals surface area contributed by atoms with E-state index in [2.05, 4.69) is 21.0 Å². The number of para-hydroxylation sites is 1. The smallest absolute Gasteiger partial charge is 0.278 e. The molecule has 136 valence electrons. The summed E-state index contributed by atoms with van der Waals surface area (Å²) in [5.74, 6) is 1.00. The van der Waals surface area contributed by atoms with Gasteiger partial charge in [0.15, 0.2) is 0 Å². The van der Waals surface area contributed by atoms with Crippen molar-refractivity contribution in [2.24, 2.45) is 5.10 Å². The number of hydrogen-bond donors (Lipinski definition) is 0. The van der Waals surface area contributed by atoms with Crippen molar-refractivity contribution >= 4 is 27.5 Å². The average molecular weight is 425 g/mol. The second kappa shape index (κ2) is 7.40. The molecule has 1 aromatic heterocycles. The number of carbonyl (C=O) groups is 1. The van der Waals surface area contributed by atoms with Crippen LogP contribution in [0.5, 0.6) is 5.75 Å². The summed E-state index contributed by atoms with van der Waals surface area (Å²) in [6, 6.07) is 18.4. The number of hydrogen-bond acceptors (Lipinski definition) is 4. The topological polar surface area (TPSA) is 55.0 Å². The van der Waals surface area contributed by atoms with Crippen LogP contribution in [0, 0.1) is 0 Å². The molecule has 1 aliphatic heterocycles. The summed E-state index contributed by atoms with van der Waals surface area (Å²) in [5, 5.41) is 6.14. The van der Waals surface area contributed by atoms with Crippen LogP contribution in [0.1, 0.15) is 34.1 Å². The fraction of sp³-hybridized carbons (Fsp3) is 0.143. The Morgan fingerprint density at radius 1 is 1.15 bits per heavy atom. The third kappa shape index (κ3) is 3.40. The molecule has 2 aromatic carbocycles. The molecule has 0 aliphatic carbocycles. The average Bonchev–Trinajstić information content (AvgIpc) is 3.37. The lowest BCUT2D eigenvalue weighted by Crippen LogP contribution is -2.27. The molecular formula is C21H17BrN2O3. The van der Waals surface area contributed by atoms with Gasteiger partial charge in [0.25, 0.3) is 5.91 Å². The third-order valence-electron chi connectivity index (χ3n) is 4.50. The third-order valence-corrected chi connectivity index (χ3v) is 5.03. The summed E-state index contributed by atoms with van der Waals surface area (Å²) in [6.45, 7) is 0. The molecule has 27 heavy (non-hydrogen) atoms. The number of carbonyl (C=O) groups excluding carboxylic acids is 1. The molecule has 5 nitrogen and oxygen atoms in total. The number of hydrazone groups is 1. The van der Waals surface area contributed by atoms with Crippen LogP contribution < -0.4 is 4.74 Å². The summed E-state index contributed by atoms with van der Waals surface area (Å²) in [5.41, 5.74) is 2.29. The molecule has 0 bridgehead atoms. The van der Waals surface area contributed by atoms with Crippen molar-refractivity contribution in [1.82, 2.24) is 5.01 Å². The molecule has 3 aromatic rings. The lowest BCUT2D eigenvalue weighted by molar-refractivity contribution is 0.0689. The Morgan fingerprint density at radius 2 is 1.93 bits per heavy atom. The summed E-state index contributed by atoms with van der Waals surface area (Å²) in [6.07, 6.45) is 2.19. The predicted octanol–water partition coefficient (Wildman–Crippen LogP) is 5.04. The molecule has 0 saturated heterocycles. The lowest BCUT2D eigenvalue weighted by atomic mass is 10.0. The highest BCUT2D eigenvalue weighted by atomic mass is 79.9. The maximum atomic E-state index is 13.3. The second-order valence-electron chi connectivity index (χ2n) is 6.14. The Hall–Kier alpha value is -2.86. The SMILES string of the molecule is COc1ccccc1C(=O)N1N=C(c2ccc(Br)cc2)C[C@@H]1c1ccco1. The highest BCUT2D eigenvalue weighted by Gasteiger charge is 2.36. The summed E-state index contributed by atoms with van der Waals surface area (Å²) in [4.78, 5) is 13.3. The van der Waals surface area contributed by atoms with Crippen molar-refractivity contribution in [3.05, 3.63) is 88.3 Å². The normalized spacial score (nSPS) is 16.3. The van der Waals surface area contributed by atoms with E-state index in [1.807, 2.05) is 48.5 Å². The Morgan fingerprint density at radius 3 is 2.63 bits per heavy atom. The van der Waals surface area contributed by atoms with Gasteiger partial charge in [0, 0.05) is 10.9 Å². The van der Waals surface area contributed by atoms with Crippen molar-refractivity contribution in [2.45, 2.75) is 12.5 Å². The molecule has 1 aliphatic rings. The van der Waals surface area contributed by atoms with Gasteiger partial charge in [0.2, 0.25) is 0 Å². The van der Waals surface area contributed by atoms with Crippen LogP contribution in [0.15, 0.2) is 80.9 Å². The molecule has 2 heterocycles. The van der Waals surface area contributed by atoms with Crippen LogP contribution in [0.4, 0.5) is 0 Å². The molecule has 4 rings (SSSR count). The van der Waals surface area contributed by atoms with Crippen LogP contribution in [0.3, 0.4) is 0 Å². The monoisotopic (exact) mass is 424 g/mol. The van der Waals surface area contributed by atoms with E-state index in [1.165, 1.54) is 5.01 Å². The predicted molar refractivity (Wildman–Crippen MR) is 106 cm³/mol. The molecule has 0 spiro atoms. The highest BCUT2D eigenvalue weighted by Crippen LogP contribution is 2.35. The summed E-state index contributed by atoms with van der Waals surface area (Å²) >= 11 is 3.45. The Kier molecular flexibility index (Phi) is 4.81. The van der Waals surface area contributed by atoms with Gasteiger partial charge < -0.3 is 9.15 Å². The number of rotatable bonds is 4. The van der Waals surface area contributed by atoms with E-state index in [-0.39, 0.29) is 11.9 Å². The quantitative estimate of drug-likeness (QED) is 0.589. The summed E-state index contributed by atoms with van der Waals surface area (Å²) in [7, 11) is 1.55. The van der Waals surface area contributed by atoms with E-state index in [0.717, 1.165) is 15.7 Å². The molecule has 1 amide bonds. The number of benzene rings is 2. The van der Waals surface area contributed by atoms with Crippen LogP contribution in [-0.2, 0) is 0 Å². The van der Waals surface area contributed by atoms with Crippen molar-refractivity contribution in [2.75, 3.05) is 7.11 Å². The van der Waals surface area contributed by atoms with Crippen LogP contribution >= 0.6 is 15.9 Å². The molecular weight excluding hydrogens is 408 g/mol. The zero-order valence-electron chi connectivity index (χ0n) is 14.6. The fourth-order valence-electron chi connectivity index (χ4n) is 3.16. The van der Waals surface area contributed by atoms with E-state index in [4.69, 9.17) is 9.15 Å². The number of nitrogens with zero attached hydrogens (tertiary/aromatic N) is 2. The van der Waals surface area contributed by atoms with Crippen LogP contribution in [-0.4, -0.2) is 23.7 Å². The first-order valence-corrected chi connectivity index (χ1v) is 9.30. The molecule has 1 atom stereocenters. The molecule has 0 unspecified atom stereocenters. The second-order valence-corrected chi connectivity index (χ2v) is 7.05. The standard InChI is InChI=1S/C21H17BrN2O3/c1-26-19-6-3-2-5-16(19)21(25)24-18(20-7-4-12-27-20)13-17(23-24)14-8-10-15(22)11-9-14/h2-12,18H,13H2,1H3/t18-/m1/s1. The maximum absolute atomic E-state index is 13.3.